The van der Waals surface area contributed by atoms with Gasteiger partial charge in [0.2, 0.25) is 5.91 Å². The Morgan fingerprint density at radius 1 is 1.46 bits per heavy atom. The van der Waals surface area contributed by atoms with E-state index in [1.807, 2.05) is 18.3 Å². The molecule has 0 aliphatic carbocycles. The van der Waals surface area contributed by atoms with Crippen LogP contribution >= 0.6 is 0 Å². The number of fused-ring (bicyclic) bond motifs is 3. The van der Waals surface area contributed by atoms with Crippen LogP contribution < -0.4 is 10.2 Å². The first-order valence-electron chi connectivity index (χ1n) is 7.74. The Kier molecular flexibility index (Phi) is 3.46. The normalized spacial score (nSPS) is 17.3. The summed E-state index contributed by atoms with van der Waals surface area (Å²) in [5.74, 6) is 0.623. The topological polar surface area (TPSA) is 111 Å². The zero-order valence-electron chi connectivity index (χ0n) is 12.9. The van der Waals surface area contributed by atoms with Gasteiger partial charge in [-0.3, -0.25) is 4.79 Å². The van der Waals surface area contributed by atoms with Crippen molar-refractivity contribution in [1.29, 1.82) is 5.26 Å². The maximum Gasteiger partial charge on any atom is 0.234 e. The lowest BCUT2D eigenvalue weighted by molar-refractivity contribution is -0.120. The summed E-state index contributed by atoms with van der Waals surface area (Å²) in [6, 6.07) is 3.87. The molecule has 4 heterocycles. The Morgan fingerprint density at radius 2 is 2.38 bits per heavy atom. The maximum atomic E-state index is 11.6. The molecule has 1 atom stereocenters. The van der Waals surface area contributed by atoms with Crippen molar-refractivity contribution in [3.8, 4) is 6.07 Å². The summed E-state index contributed by atoms with van der Waals surface area (Å²) >= 11 is 0. The van der Waals surface area contributed by atoms with Crippen LogP contribution in [0.15, 0.2) is 24.8 Å². The molecule has 0 bridgehead atoms. The second-order valence-corrected chi connectivity index (χ2v) is 5.79. The van der Waals surface area contributed by atoms with Gasteiger partial charge in [0.05, 0.1) is 23.2 Å². The average Bonchev–Trinajstić information content (AvgIpc) is 3.23. The van der Waals surface area contributed by atoms with Gasteiger partial charge in [0.1, 0.15) is 24.2 Å². The van der Waals surface area contributed by atoms with Gasteiger partial charge in [-0.2, -0.15) is 5.26 Å². The van der Waals surface area contributed by atoms with Crippen molar-refractivity contribution >= 4 is 33.7 Å². The molecule has 4 rings (SSSR count). The number of aromatic nitrogens is 4. The van der Waals surface area contributed by atoms with E-state index in [1.54, 1.807) is 12.5 Å². The third-order valence-electron chi connectivity index (χ3n) is 4.26. The van der Waals surface area contributed by atoms with E-state index in [1.165, 1.54) is 0 Å². The van der Waals surface area contributed by atoms with Crippen molar-refractivity contribution < 1.29 is 4.79 Å². The van der Waals surface area contributed by atoms with Crippen LogP contribution in [0.3, 0.4) is 0 Å². The van der Waals surface area contributed by atoms with E-state index in [4.69, 9.17) is 5.26 Å². The van der Waals surface area contributed by atoms with Gasteiger partial charge < -0.3 is 15.2 Å². The minimum absolute atomic E-state index is 0.0272. The number of carbonyl (C=O) groups excluding carboxylic acids is 1. The second kappa shape index (κ2) is 5.77. The minimum atomic E-state index is -0.228. The van der Waals surface area contributed by atoms with E-state index in [-0.39, 0.29) is 18.4 Å². The SMILES string of the molecule is N#CCC(=O)NC1CCN(c2ncnc3cnc4[nH]ccc4c23)C1. The van der Waals surface area contributed by atoms with Crippen LogP contribution in [0.4, 0.5) is 5.82 Å². The van der Waals surface area contributed by atoms with Crippen molar-refractivity contribution in [1.82, 2.24) is 25.3 Å². The minimum Gasteiger partial charge on any atom is -0.354 e. The van der Waals surface area contributed by atoms with Crippen molar-refractivity contribution in [2.24, 2.45) is 0 Å². The number of nitrogens with one attached hydrogen (secondary N) is 2. The Balaban J connectivity index is 1.67. The summed E-state index contributed by atoms with van der Waals surface area (Å²) in [6.07, 6.45) is 5.84. The molecular formula is C16H15N7O. The first-order valence-corrected chi connectivity index (χ1v) is 7.74. The molecule has 8 nitrogen and oxygen atoms in total. The summed E-state index contributed by atoms with van der Waals surface area (Å²) in [6.45, 7) is 1.45. The standard InChI is InChI=1S/C16H15N7O/c17-4-1-13(24)22-10-3-6-23(8-10)16-14-11-2-5-18-15(11)19-7-12(14)20-9-21-16/h2,5,7,9-10H,1,3,6,8H2,(H,18,19)(H,22,24). The molecule has 8 heteroatoms. The predicted octanol–water partition coefficient (Wildman–Crippen LogP) is 1.11. The number of hydrogen-bond acceptors (Lipinski definition) is 6. The number of carbonyl (C=O) groups is 1. The highest BCUT2D eigenvalue weighted by Gasteiger charge is 2.26. The number of aromatic amines is 1. The third-order valence-corrected chi connectivity index (χ3v) is 4.26. The largest absolute Gasteiger partial charge is 0.354 e. The predicted molar refractivity (Wildman–Crippen MR) is 88.2 cm³/mol. The van der Waals surface area contributed by atoms with E-state index >= 15 is 0 Å². The molecule has 1 fully saturated rings. The summed E-state index contributed by atoms with van der Waals surface area (Å²) in [7, 11) is 0. The van der Waals surface area contributed by atoms with Gasteiger partial charge in [-0.05, 0) is 12.5 Å². The van der Waals surface area contributed by atoms with Crippen LogP contribution in [0.2, 0.25) is 0 Å². The molecule has 1 aliphatic rings. The van der Waals surface area contributed by atoms with Gasteiger partial charge in [-0.25, -0.2) is 15.0 Å². The first kappa shape index (κ1) is 14.4. The molecule has 0 radical (unpaired) electrons. The molecule has 0 spiro atoms. The van der Waals surface area contributed by atoms with Crippen molar-refractivity contribution in [3.05, 3.63) is 24.8 Å². The highest BCUT2D eigenvalue weighted by Crippen LogP contribution is 2.31. The lowest BCUT2D eigenvalue weighted by atomic mass is 10.2. The van der Waals surface area contributed by atoms with Gasteiger partial charge in [0.25, 0.3) is 0 Å². The first-order chi connectivity index (χ1) is 11.8. The lowest BCUT2D eigenvalue weighted by Crippen LogP contribution is -2.37. The average molecular weight is 321 g/mol. The monoisotopic (exact) mass is 321 g/mol. The Hall–Kier alpha value is -3.21. The smallest absolute Gasteiger partial charge is 0.234 e. The molecule has 3 aromatic heterocycles. The summed E-state index contributed by atoms with van der Waals surface area (Å²) in [5.41, 5.74) is 1.60. The van der Waals surface area contributed by atoms with Crippen LogP contribution in [0, 0.1) is 11.3 Å². The number of amides is 1. The van der Waals surface area contributed by atoms with E-state index in [0.29, 0.717) is 6.54 Å². The van der Waals surface area contributed by atoms with Crippen LogP contribution in [-0.4, -0.2) is 45.0 Å². The van der Waals surface area contributed by atoms with Gasteiger partial charge in [-0.1, -0.05) is 0 Å². The Bertz CT molecular complexity index is 958. The molecule has 0 saturated carbocycles. The molecule has 3 aromatic rings. The van der Waals surface area contributed by atoms with Crippen molar-refractivity contribution in [2.75, 3.05) is 18.0 Å². The van der Waals surface area contributed by atoms with Gasteiger partial charge >= 0.3 is 0 Å². The Labute approximate surface area is 137 Å². The van der Waals surface area contributed by atoms with Gasteiger partial charge in [-0.15, -0.1) is 0 Å². The fourth-order valence-electron chi connectivity index (χ4n) is 3.20. The van der Waals surface area contributed by atoms with E-state index < -0.39 is 0 Å². The number of pyridine rings is 1. The van der Waals surface area contributed by atoms with E-state index in [0.717, 1.165) is 40.7 Å². The fourth-order valence-corrected chi connectivity index (χ4v) is 3.20. The van der Waals surface area contributed by atoms with Crippen LogP contribution in [-0.2, 0) is 4.79 Å². The van der Waals surface area contributed by atoms with Crippen LogP contribution in [0.1, 0.15) is 12.8 Å². The second-order valence-electron chi connectivity index (χ2n) is 5.79. The van der Waals surface area contributed by atoms with E-state index in [2.05, 4.69) is 30.2 Å². The number of nitriles is 1. The highest BCUT2D eigenvalue weighted by molar-refractivity contribution is 6.08. The quantitative estimate of drug-likeness (QED) is 0.748. The molecule has 1 saturated heterocycles. The van der Waals surface area contributed by atoms with Gasteiger partial charge in [0, 0.05) is 30.7 Å². The number of nitrogens with zero attached hydrogens (tertiary/aromatic N) is 5. The molecule has 0 aromatic carbocycles. The number of H-pyrrole nitrogens is 1. The zero-order chi connectivity index (χ0) is 16.5. The van der Waals surface area contributed by atoms with Crippen LogP contribution in [0.5, 0.6) is 0 Å². The molecule has 1 aliphatic heterocycles. The van der Waals surface area contributed by atoms with Crippen molar-refractivity contribution in [3.63, 3.8) is 0 Å². The number of hydrogen-bond donors (Lipinski definition) is 2. The molecule has 120 valence electrons. The van der Waals surface area contributed by atoms with Crippen molar-refractivity contribution in [2.45, 2.75) is 18.9 Å². The van der Waals surface area contributed by atoms with Crippen LogP contribution in [0.25, 0.3) is 21.9 Å². The summed E-state index contributed by atoms with van der Waals surface area (Å²) < 4.78 is 0. The summed E-state index contributed by atoms with van der Waals surface area (Å²) in [5, 5.41) is 13.4. The number of anilines is 1. The van der Waals surface area contributed by atoms with E-state index in [9.17, 15) is 4.79 Å². The highest BCUT2D eigenvalue weighted by atomic mass is 16.1. The summed E-state index contributed by atoms with van der Waals surface area (Å²) in [4.78, 5) is 30.0. The molecule has 1 unspecified atom stereocenters. The zero-order valence-corrected chi connectivity index (χ0v) is 12.9. The molecule has 1 amide bonds. The number of rotatable bonds is 3. The molecule has 24 heavy (non-hydrogen) atoms. The fraction of sp³-hybridized carbons (Fsp3) is 0.312. The Morgan fingerprint density at radius 3 is 3.25 bits per heavy atom. The molecule has 2 N–H and O–H groups in total. The lowest BCUT2D eigenvalue weighted by Gasteiger charge is -2.19. The molecular weight excluding hydrogens is 306 g/mol. The third kappa shape index (κ3) is 2.40. The van der Waals surface area contributed by atoms with Gasteiger partial charge in [0.15, 0.2) is 0 Å². The maximum absolute atomic E-state index is 11.6.